The summed E-state index contributed by atoms with van der Waals surface area (Å²) in [6.45, 7) is 6.58. The minimum absolute atomic E-state index is 0.112. The number of likely N-dealkylation sites (N-methyl/N-ethyl adjacent to an activating group) is 1. The van der Waals surface area contributed by atoms with E-state index in [-0.39, 0.29) is 5.91 Å². The lowest BCUT2D eigenvalue weighted by Crippen LogP contribution is -2.29. The number of nitrogens with one attached hydrogen (secondary N) is 1. The van der Waals surface area contributed by atoms with Crippen LogP contribution in [0.15, 0.2) is 42.5 Å². The van der Waals surface area contributed by atoms with Crippen molar-refractivity contribution in [3.05, 3.63) is 48.0 Å². The highest BCUT2D eigenvalue weighted by Gasteiger charge is 2.20. The molecule has 30 heavy (non-hydrogen) atoms. The minimum atomic E-state index is -0.112. The molecule has 1 saturated heterocycles. The van der Waals surface area contributed by atoms with Crippen LogP contribution in [0.1, 0.15) is 23.7 Å². The van der Waals surface area contributed by atoms with Crippen LogP contribution in [0.3, 0.4) is 0 Å². The number of nitrogens with zero attached hydrogens (tertiary/aromatic N) is 5. The van der Waals surface area contributed by atoms with Crippen molar-refractivity contribution in [3.63, 3.8) is 0 Å². The molecular formula is C23H26N6O. The summed E-state index contributed by atoms with van der Waals surface area (Å²) < 4.78 is 2.03. The number of rotatable bonds is 3. The number of benzene rings is 1. The molecule has 1 aliphatic rings. The van der Waals surface area contributed by atoms with Crippen molar-refractivity contribution < 1.29 is 4.79 Å². The van der Waals surface area contributed by atoms with Gasteiger partial charge in [-0.3, -0.25) is 9.20 Å². The highest BCUT2D eigenvalue weighted by molar-refractivity contribution is 6.05. The Hall–Kier alpha value is -3.19. The van der Waals surface area contributed by atoms with Gasteiger partial charge in [0.25, 0.3) is 5.91 Å². The molecule has 3 aromatic heterocycles. The smallest absolute Gasteiger partial charge is 0.255 e. The Morgan fingerprint density at radius 1 is 1.03 bits per heavy atom. The number of imidazole rings is 1. The summed E-state index contributed by atoms with van der Waals surface area (Å²) in [6.07, 6.45) is 1.12. The van der Waals surface area contributed by atoms with E-state index >= 15 is 0 Å². The maximum Gasteiger partial charge on any atom is 0.255 e. The van der Waals surface area contributed by atoms with Gasteiger partial charge in [-0.2, -0.15) is 0 Å². The van der Waals surface area contributed by atoms with Gasteiger partial charge in [-0.1, -0.05) is 12.1 Å². The lowest BCUT2D eigenvalue weighted by Gasteiger charge is -2.22. The summed E-state index contributed by atoms with van der Waals surface area (Å²) in [6, 6.07) is 14.0. The molecule has 0 spiro atoms. The van der Waals surface area contributed by atoms with E-state index in [1.165, 1.54) is 0 Å². The van der Waals surface area contributed by atoms with Crippen LogP contribution in [-0.2, 0) is 0 Å². The summed E-state index contributed by atoms with van der Waals surface area (Å²) in [5.74, 6) is 0.863. The van der Waals surface area contributed by atoms with Crippen LogP contribution in [-0.4, -0.2) is 64.9 Å². The third-order valence-electron chi connectivity index (χ3n) is 5.83. The molecule has 0 bridgehead atoms. The predicted octanol–water partition coefficient (Wildman–Crippen LogP) is 2.93. The fraction of sp³-hybridized carbons (Fsp3) is 0.348. The molecular weight excluding hydrogens is 376 g/mol. The first-order valence-electron chi connectivity index (χ1n) is 10.6. The van der Waals surface area contributed by atoms with Gasteiger partial charge in [0.2, 0.25) is 0 Å². The maximum absolute atomic E-state index is 12.8. The second-order valence-electron chi connectivity index (χ2n) is 7.90. The number of amides is 1. The van der Waals surface area contributed by atoms with Crippen molar-refractivity contribution in [2.24, 2.45) is 0 Å². The summed E-state index contributed by atoms with van der Waals surface area (Å²) in [5, 5.41) is 3.84. The Bertz CT molecular complexity index is 1250. The lowest BCUT2D eigenvalue weighted by molar-refractivity contribution is 0.0957. The van der Waals surface area contributed by atoms with Crippen molar-refractivity contribution in [3.8, 4) is 0 Å². The lowest BCUT2D eigenvalue weighted by atomic mass is 10.1. The number of carbonyl (C=O) groups is 1. The maximum atomic E-state index is 12.8. The molecule has 0 radical (unpaired) electrons. The first kappa shape index (κ1) is 18.8. The number of aromatic nitrogens is 3. The van der Waals surface area contributed by atoms with E-state index in [9.17, 15) is 4.79 Å². The van der Waals surface area contributed by atoms with Crippen molar-refractivity contribution in [1.82, 2.24) is 24.6 Å². The molecule has 0 aliphatic carbocycles. The van der Waals surface area contributed by atoms with Gasteiger partial charge in [0.15, 0.2) is 5.65 Å². The molecule has 1 amide bonds. The van der Waals surface area contributed by atoms with Crippen molar-refractivity contribution in [1.29, 1.82) is 0 Å². The average Bonchev–Trinajstić information content (AvgIpc) is 3.01. The molecule has 0 saturated carbocycles. The second kappa shape index (κ2) is 7.57. The van der Waals surface area contributed by atoms with Crippen LogP contribution in [0.2, 0.25) is 0 Å². The second-order valence-corrected chi connectivity index (χ2v) is 7.90. The predicted molar refractivity (Wildman–Crippen MR) is 120 cm³/mol. The van der Waals surface area contributed by atoms with Crippen LogP contribution in [0.25, 0.3) is 27.7 Å². The number of carbonyl (C=O) groups excluding carboxylic acids is 1. The van der Waals surface area contributed by atoms with Crippen LogP contribution < -0.4 is 10.2 Å². The van der Waals surface area contributed by atoms with Crippen LogP contribution in [0.5, 0.6) is 0 Å². The Morgan fingerprint density at radius 3 is 2.77 bits per heavy atom. The van der Waals surface area contributed by atoms with Crippen molar-refractivity contribution >= 4 is 39.4 Å². The molecule has 7 heteroatoms. The van der Waals surface area contributed by atoms with E-state index in [0.29, 0.717) is 17.8 Å². The van der Waals surface area contributed by atoms with Gasteiger partial charge in [-0.15, -0.1) is 0 Å². The van der Waals surface area contributed by atoms with E-state index < -0.39 is 0 Å². The Balaban J connectivity index is 1.74. The van der Waals surface area contributed by atoms with E-state index in [4.69, 9.17) is 9.97 Å². The zero-order valence-corrected chi connectivity index (χ0v) is 17.4. The summed E-state index contributed by atoms with van der Waals surface area (Å²) in [4.78, 5) is 27.3. The van der Waals surface area contributed by atoms with Gasteiger partial charge in [0.1, 0.15) is 11.5 Å². The van der Waals surface area contributed by atoms with Gasteiger partial charge < -0.3 is 15.1 Å². The number of pyridine rings is 2. The van der Waals surface area contributed by atoms with Crippen LogP contribution >= 0.6 is 0 Å². The highest BCUT2D eigenvalue weighted by atomic mass is 16.1. The molecule has 1 fully saturated rings. The molecule has 4 heterocycles. The molecule has 1 N–H and O–H groups in total. The Morgan fingerprint density at radius 2 is 1.90 bits per heavy atom. The number of hydrogen-bond donors (Lipinski definition) is 1. The Kier molecular flexibility index (Phi) is 4.75. The number of para-hydroxylation sites is 2. The standard InChI is InChI=1S/C23H26N6O/c1-3-24-23(30)17-15-16-9-10-20(28-12-6-11-27(2)13-14-28)26-21(16)29-19-8-5-4-7-18(19)25-22(17)29/h4-5,7-10,15H,3,6,11-14H2,1-2H3,(H,24,30). The summed E-state index contributed by atoms with van der Waals surface area (Å²) in [7, 11) is 2.17. The monoisotopic (exact) mass is 402 g/mol. The molecule has 154 valence electrons. The third-order valence-corrected chi connectivity index (χ3v) is 5.83. The SMILES string of the molecule is CCNC(=O)c1cc2ccc(N3CCCN(C)CC3)nc2n2c1nc1ccccc12. The first-order chi connectivity index (χ1) is 14.7. The molecule has 5 rings (SSSR count). The number of hydrogen-bond acceptors (Lipinski definition) is 5. The molecule has 1 aromatic carbocycles. The van der Waals surface area contributed by atoms with Gasteiger partial charge >= 0.3 is 0 Å². The zero-order valence-electron chi connectivity index (χ0n) is 17.4. The van der Waals surface area contributed by atoms with Gasteiger partial charge in [-0.05, 0) is 57.3 Å². The normalized spacial score (nSPS) is 15.7. The zero-order chi connectivity index (χ0) is 20.7. The van der Waals surface area contributed by atoms with Gasteiger partial charge in [0.05, 0.1) is 16.6 Å². The van der Waals surface area contributed by atoms with Crippen molar-refractivity contribution in [2.75, 3.05) is 44.7 Å². The van der Waals surface area contributed by atoms with E-state index in [0.717, 1.165) is 60.5 Å². The highest BCUT2D eigenvalue weighted by Crippen LogP contribution is 2.27. The third kappa shape index (κ3) is 3.15. The quantitative estimate of drug-likeness (QED) is 0.571. The average molecular weight is 403 g/mol. The summed E-state index contributed by atoms with van der Waals surface area (Å²) >= 11 is 0. The topological polar surface area (TPSA) is 65.8 Å². The van der Waals surface area contributed by atoms with E-state index in [2.05, 4.69) is 34.3 Å². The van der Waals surface area contributed by atoms with Crippen LogP contribution in [0.4, 0.5) is 5.82 Å². The van der Waals surface area contributed by atoms with E-state index in [1.54, 1.807) is 0 Å². The van der Waals surface area contributed by atoms with E-state index in [1.807, 2.05) is 41.7 Å². The Labute approximate surface area is 175 Å². The fourth-order valence-electron chi connectivity index (χ4n) is 4.26. The molecule has 1 aliphatic heterocycles. The van der Waals surface area contributed by atoms with Gasteiger partial charge in [-0.25, -0.2) is 9.97 Å². The molecule has 4 aromatic rings. The first-order valence-corrected chi connectivity index (χ1v) is 10.6. The number of fused-ring (bicyclic) bond motifs is 5. The number of anilines is 1. The van der Waals surface area contributed by atoms with Gasteiger partial charge in [0, 0.05) is 31.6 Å². The van der Waals surface area contributed by atoms with Crippen molar-refractivity contribution in [2.45, 2.75) is 13.3 Å². The minimum Gasteiger partial charge on any atom is -0.355 e. The molecule has 0 unspecified atom stereocenters. The largest absolute Gasteiger partial charge is 0.355 e. The fourth-order valence-corrected chi connectivity index (χ4v) is 4.26. The molecule has 0 atom stereocenters. The summed E-state index contributed by atoms with van der Waals surface area (Å²) in [5.41, 5.74) is 3.88. The molecule has 7 nitrogen and oxygen atoms in total. The van der Waals surface area contributed by atoms with Crippen LogP contribution in [0, 0.1) is 0 Å².